The number of piperazine rings is 1. The van der Waals surface area contributed by atoms with Crippen LogP contribution in [0.15, 0.2) is 60.7 Å². The number of hydrogen-bond donors (Lipinski definition) is 2. The van der Waals surface area contributed by atoms with E-state index in [4.69, 9.17) is 0 Å². The van der Waals surface area contributed by atoms with Gasteiger partial charge in [-0.2, -0.15) is 0 Å². The van der Waals surface area contributed by atoms with Gasteiger partial charge in [-0.3, -0.25) is 9.59 Å². The predicted octanol–water partition coefficient (Wildman–Crippen LogP) is 0.124. The van der Waals surface area contributed by atoms with Crippen LogP contribution in [0.25, 0.3) is 6.08 Å². The Morgan fingerprint density at radius 1 is 1.00 bits per heavy atom. The molecule has 2 aliphatic heterocycles. The number of aryl methyl sites for hydroxylation is 1. The van der Waals surface area contributed by atoms with E-state index in [2.05, 4.69) is 36.4 Å². The van der Waals surface area contributed by atoms with E-state index in [0.29, 0.717) is 12.1 Å². The number of quaternary nitrogens is 2. The summed E-state index contributed by atoms with van der Waals surface area (Å²) in [5.74, 6) is -0.110. The summed E-state index contributed by atoms with van der Waals surface area (Å²) in [5, 5.41) is 0. The molecule has 2 aromatic carbocycles. The fourth-order valence-electron chi connectivity index (χ4n) is 4.39. The number of rotatable bonds is 5. The molecular weight excluding hydrogens is 362 g/mol. The molecular formula is C24H29N3O2+2. The Hall–Kier alpha value is -2.76. The average molecular weight is 392 g/mol. The lowest BCUT2D eigenvalue weighted by molar-refractivity contribution is -1.02. The molecule has 5 nitrogen and oxygen atoms in total. The van der Waals surface area contributed by atoms with Crippen molar-refractivity contribution >= 4 is 23.6 Å². The van der Waals surface area contributed by atoms with Crippen LogP contribution in [0, 0.1) is 6.92 Å². The fraction of sp³-hybridized carbons (Fsp3) is 0.333. The first-order valence-electron chi connectivity index (χ1n) is 10.4. The molecule has 0 saturated carbocycles. The zero-order valence-corrected chi connectivity index (χ0v) is 16.9. The molecule has 2 fully saturated rings. The molecule has 2 heterocycles. The standard InChI is InChI=1S/C24H27N3O2/c1-19-7-5-11-21(17-19)27-23(28)18-22(24(27)29)26-15-13-25(14-16-26)12-6-10-20-8-3-2-4-9-20/h2-11,17,22H,12-16,18H2,1H3/p+2/b10-6+/t22-/m0/s1. The summed E-state index contributed by atoms with van der Waals surface area (Å²) < 4.78 is 0. The van der Waals surface area contributed by atoms with Crippen LogP contribution in [0.2, 0.25) is 0 Å². The zero-order chi connectivity index (χ0) is 20.2. The third-order valence-corrected chi connectivity index (χ3v) is 6.02. The van der Waals surface area contributed by atoms with E-state index in [-0.39, 0.29) is 17.9 Å². The van der Waals surface area contributed by atoms with E-state index >= 15 is 0 Å². The van der Waals surface area contributed by atoms with E-state index in [1.165, 1.54) is 20.3 Å². The van der Waals surface area contributed by atoms with Crippen LogP contribution < -0.4 is 14.7 Å². The molecule has 2 amide bonds. The largest absolute Gasteiger partial charge is 0.322 e. The van der Waals surface area contributed by atoms with E-state index in [1.807, 2.05) is 37.3 Å². The molecule has 0 bridgehead atoms. The third kappa shape index (κ3) is 4.47. The molecule has 4 rings (SSSR count). The number of nitrogens with one attached hydrogen (secondary N) is 2. The Labute approximate surface area is 172 Å². The number of hydrogen-bond acceptors (Lipinski definition) is 2. The normalized spacial score (nSPS) is 25.1. The third-order valence-electron chi connectivity index (χ3n) is 6.02. The SMILES string of the molecule is Cc1cccc(N2C(=O)C[C@H]([NH+]3CC[NH+](C/C=C/c4ccccc4)CC3)C2=O)c1. The van der Waals surface area contributed by atoms with Crippen molar-refractivity contribution < 1.29 is 19.4 Å². The molecule has 2 N–H and O–H groups in total. The van der Waals surface area contributed by atoms with Crippen molar-refractivity contribution in [3.63, 3.8) is 0 Å². The maximum Gasteiger partial charge on any atom is 0.292 e. The highest BCUT2D eigenvalue weighted by Gasteiger charge is 2.46. The van der Waals surface area contributed by atoms with Crippen LogP contribution >= 0.6 is 0 Å². The molecule has 0 unspecified atom stereocenters. The lowest BCUT2D eigenvalue weighted by Crippen LogP contribution is -3.30. The van der Waals surface area contributed by atoms with Crippen LogP contribution in [0.4, 0.5) is 5.69 Å². The highest BCUT2D eigenvalue weighted by molar-refractivity contribution is 6.21. The lowest BCUT2D eigenvalue weighted by Gasteiger charge is -2.31. The second-order valence-corrected chi connectivity index (χ2v) is 8.09. The van der Waals surface area contributed by atoms with Crippen molar-refractivity contribution in [2.45, 2.75) is 19.4 Å². The van der Waals surface area contributed by atoms with Gasteiger partial charge in [0.25, 0.3) is 5.91 Å². The Balaban J connectivity index is 1.32. The quantitative estimate of drug-likeness (QED) is 0.712. The van der Waals surface area contributed by atoms with E-state index in [9.17, 15) is 9.59 Å². The summed E-state index contributed by atoms with van der Waals surface area (Å²) >= 11 is 0. The number of carbonyl (C=O) groups is 2. The maximum absolute atomic E-state index is 13.0. The van der Waals surface area contributed by atoms with Gasteiger partial charge in [0, 0.05) is 0 Å². The van der Waals surface area contributed by atoms with Gasteiger partial charge in [-0.1, -0.05) is 48.5 Å². The Bertz CT molecular complexity index is 901. The van der Waals surface area contributed by atoms with Gasteiger partial charge in [0.05, 0.1) is 18.7 Å². The van der Waals surface area contributed by atoms with Gasteiger partial charge < -0.3 is 9.80 Å². The van der Waals surface area contributed by atoms with E-state index in [1.54, 1.807) is 0 Å². The van der Waals surface area contributed by atoms with Crippen LogP contribution in [-0.2, 0) is 9.59 Å². The van der Waals surface area contributed by atoms with E-state index in [0.717, 1.165) is 38.3 Å². The molecule has 1 atom stereocenters. The molecule has 0 aromatic heterocycles. The van der Waals surface area contributed by atoms with Crippen molar-refractivity contribution in [2.24, 2.45) is 0 Å². The second-order valence-electron chi connectivity index (χ2n) is 8.09. The van der Waals surface area contributed by atoms with Gasteiger partial charge in [0.1, 0.15) is 26.2 Å². The average Bonchev–Trinajstić information content (AvgIpc) is 3.03. The molecule has 5 heteroatoms. The van der Waals surface area contributed by atoms with Gasteiger partial charge in [0.2, 0.25) is 5.91 Å². The molecule has 0 aliphatic carbocycles. The number of amides is 2. The van der Waals surface area contributed by atoms with Gasteiger partial charge in [-0.15, -0.1) is 0 Å². The predicted molar refractivity (Wildman–Crippen MR) is 114 cm³/mol. The smallest absolute Gasteiger partial charge is 0.292 e. The fourth-order valence-corrected chi connectivity index (χ4v) is 4.39. The minimum absolute atomic E-state index is 0.0389. The Morgan fingerprint density at radius 3 is 2.48 bits per heavy atom. The molecule has 0 spiro atoms. The molecule has 0 radical (unpaired) electrons. The summed E-state index contributed by atoms with van der Waals surface area (Å²) in [6, 6.07) is 17.7. The molecule has 150 valence electrons. The second kappa shape index (κ2) is 8.72. The van der Waals surface area contributed by atoms with Crippen molar-refractivity contribution in [1.82, 2.24) is 0 Å². The molecule has 2 saturated heterocycles. The number of benzene rings is 2. The van der Waals surface area contributed by atoms with Crippen LogP contribution in [0.5, 0.6) is 0 Å². The molecule has 2 aliphatic rings. The van der Waals surface area contributed by atoms with Gasteiger partial charge in [0.15, 0.2) is 6.04 Å². The van der Waals surface area contributed by atoms with Gasteiger partial charge in [-0.05, 0) is 36.3 Å². The minimum Gasteiger partial charge on any atom is -0.322 e. The van der Waals surface area contributed by atoms with E-state index < -0.39 is 0 Å². The first-order chi connectivity index (χ1) is 14.1. The Morgan fingerprint density at radius 2 is 1.76 bits per heavy atom. The van der Waals surface area contributed by atoms with Gasteiger partial charge in [-0.25, -0.2) is 4.90 Å². The van der Waals surface area contributed by atoms with Gasteiger partial charge >= 0.3 is 0 Å². The topological polar surface area (TPSA) is 46.3 Å². The first kappa shape index (κ1) is 19.6. The van der Waals surface area contributed by atoms with Crippen LogP contribution in [0.3, 0.4) is 0 Å². The molecule has 2 aromatic rings. The maximum atomic E-state index is 13.0. The summed E-state index contributed by atoms with van der Waals surface area (Å²) in [6.07, 6.45) is 4.73. The summed E-state index contributed by atoms with van der Waals surface area (Å²) in [5.41, 5.74) is 2.99. The monoisotopic (exact) mass is 391 g/mol. The van der Waals surface area contributed by atoms with Crippen molar-refractivity contribution in [3.05, 3.63) is 71.8 Å². The highest BCUT2D eigenvalue weighted by atomic mass is 16.2. The van der Waals surface area contributed by atoms with Crippen molar-refractivity contribution in [3.8, 4) is 0 Å². The number of carbonyl (C=O) groups excluding carboxylic acids is 2. The molecule has 29 heavy (non-hydrogen) atoms. The minimum atomic E-state index is -0.232. The van der Waals surface area contributed by atoms with Crippen LogP contribution in [0.1, 0.15) is 17.5 Å². The summed E-state index contributed by atoms with van der Waals surface area (Å²) in [4.78, 5) is 29.8. The van der Waals surface area contributed by atoms with Crippen molar-refractivity contribution in [1.29, 1.82) is 0 Å². The number of anilines is 1. The summed E-state index contributed by atoms with van der Waals surface area (Å²) in [6.45, 7) is 6.88. The zero-order valence-electron chi connectivity index (χ0n) is 16.9. The highest BCUT2D eigenvalue weighted by Crippen LogP contribution is 2.22. The van der Waals surface area contributed by atoms with Crippen molar-refractivity contribution in [2.75, 3.05) is 37.6 Å². The number of imide groups is 1. The van der Waals surface area contributed by atoms with Crippen LogP contribution in [-0.4, -0.2) is 50.6 Å². The first-order valence-corrected chi connectivity index (χ1v) is 10.4. The number of nitrogens with zero attached hydrogens (tertiary/aromatic N) is 1. The lowest BCUT2D eigenvalue weighted by atomic mass is 10.1. The Kier molecular flexibility index (Phi) is 5.88. The summed E-state index contributed by atoms with van der Waals surface area (Å²) in [7, 11) is 0.